The quantitative estimate of drug-likeness (QED) is 0.183. The number of benzene rings is 1. The molecule has 1 fully saturated rings. The molecule has 1 aromatic carbocycles. The van der Waals surface area contributed by atoms with Crippen LogP contribution in [0, 0.1) is 24.0 Å². The summed E-state index contributed by atoms with van der Waals surface area (Å²) in [6, 6.07) is 6.43. The minimum atomic E-state index is -3.71. The van der Waals surface area contributed by atoms with Gasteiger partial charge in [0.05, 0.1) is 4.90 Å². The summed E-state index contributed by atoms with van der Waals surface area (Å²) in [6.07, 6.45) is 2.02. The molecule has 3 rings (SSSR count). The lowest BCUT2D eigenvalue weighted by atomic mass is 9.87. The number of piperidine rings is 1. The molecule has 0 atom stereocenters. The van der Waals surface area contributed by atoms with Crippen LogP contribution in [0.15, 0.2) is 35.4 Å². The van der Waals surface area contributed by atoms with Gasteiger partial charge in [0, 0.05) is 33.0 Å². The minimum absolute atomic E-state index is 0.00711. The van der Waals surface area contributed by atoms with Crippen LogP contribution < -0.4 is 20.7 Å². The first kappa shape index (κ1) is 27.2. The zero-order chi connectivity index (χ0) is 26.3. The largest absolute Gasteiger partial charge is 0.381 e. The molecule has 4 N–H and O–H groups in total. The highest BCUT2D eigenvalue weighted by atomic mass is 32.2. The van der Waals surface area contributed by atoms with Crippen molar-refractivity contribution < 1.29 is 22.9 Å². The van der Waals surface area contributed by atoms with Gasteiger partial charge in [0.25, 0.3) is 0 Å². The summed E-state index contributed by atoms with van der Waals surface area (Å²) >= 11 is 0. The number of hydrogen-bond donors (Lipinski definition) is 4. The van der Waals surface area contributed by atoms with Crippen LogP contribution in [0.3, 0.4) is 0 Å². The molecule has 1 saturated heterocycles. The Kier molecular flexibility index (Phi) is 8.76. The van der Waals surface area contributed by atoms with Gasteiger partial charge in [0.1, 0.15) is 11.7 Å². The highest BCUT2D eigenvalue weighted by molar-refractivity contribution is 7.89. The molecule has 2 amide bonds. The van der Waals surface area contributed by atoms with E-state index < -0.39 is 20.5 Å². The molecular formula is C22H31N7O6S. The Labute approximate surface area is 209 Å². The second-order valence-electron chi connectivity index (χ2n) is 8.69. The van der Waals surface area contributed by atoms with Gasteiger partial charge in [-0.1, -0.05) is 17.7 Å². The Morgan fingerprint density at radius 2 is 1.83 bits per heavy atom. The summed E-state index contributed by atoms with van der Waals surface area (Å²) in [5, 5.41) is 19.6. The molecular weight excluding hydrogens is 490 g/mol. The van der Waals surface area contributed by atoms with Gasteiger partial charge in [0.15, 0.2) is 0 Å². The van der Waals surface area contributed by atoms with Crippen molar-refractivity contribution in [3.05, 3.63) is 52.0 Å². The molecule has 14 heteroatoms. The minimum Gasteiger partial charge on any atom is -0.358 e. The van der Waals surface area contributed by atoms with Crippen LogP contribution in [0.1, 0.15) is 30.7 Å². The highest BCUT2D eigenvalue weighted by Gasteiger charge is 2.40. The van der Waals surface area contributed by atoms with Crippen molar-refractivity contribution in [3.8, 4) is 0 Å². The van der Waals surface area contributed by atoms with Crippen LogP contribution in [0.25, 0.3) is 0 Å². The van der Waals surface area contributed by atoms with E-state index >= 15 is 0 Å². The smallest absolute Gasteiger partial charge is 0.358 e. The molecule has 0 aliphatic carbocycles. The van der Waals surface area contributed by atoms with E-state index in [0.717, 1.165) is 5.56 Å². The van der Waals surface area contributed by atoms with E-state index in [2.05, 4.69) is 25.7 Å². The molecule has 0 spiro atoms. The molecule has 0 bridgehead atoms. The van der Waals surface area contributed by atoms with Gasteiger partial charge in [-0.2, -0.15) is 0 Å². The lowest BCUT2D eigenvalue weighted by Gasteiger charge is -2.37. The maximum absolute atomic E-state index is 13.1. The molecule has 2 heterocycles. The Morgan fingerprint density at radius 3 is 2.44 bits per heavy atom. The third kappa shape index (κ3) is 6.86. The summed E-state index contributed by atoms with van der Waals surface area (Å²) in [6.45, 7) is 4.74. The topological polar surface area (TPSA) is 177 Å². The van der Waals surface area contributed by atoms with E-state index in [1.807, 2.05) is 6.92 Å². The first-order valence-corrected chi connectivity index (χ1v) is 13.1. The van der Waals surface area contributed by atoms with Crippen LogP contribution in [0.4, 0.5) is 5.82 Å². The van der Waals surface area contributed by atoms with Crippen LogP contribution in [0.2, 0.25) is 0 Å². The maximum atomic E-state index is 13.1. The number of nitrogens with one attached hydrogen (secondary N) is 4. The van der Waals surface area contributed by atoms with Gasteiger partial charge in [-0.25, -0.2) is 13.1 Å². The molecule has 0 radical (unpaired) electrons. The summed E-state index contributed by atoms with van der Waals surface area (Å²) < 4.78 is 28.8. The van der Waals surface area contributed by atoms with Crippen LogP contribution in [-0.2, 0) is 26.2 Å². The number of aryl methyl sites for hydroxylation is 3. The van der Waals surface area contributed by atoms with Crippen LogP contribution >= 0.6 is 0 Å². The number of amides is 2. The van der Waals surface area contributed by atoms with Gasteiger partial charge >= 0.3 is 5.82 Å². The normalized spacial score (nSPS) is 15.3. The monoisotopic (exact) mass is 521 g/mol. The third-order valence-corrected chi connectivity index (χ3v) is 7.51. The predicted octanol–water partition coefficient (Wildman–Crippen LogP) is 0.131. The predicted molar refractivity (Wildman–Crippen MR) is 131 cm³/mol. The van der Waals surface area contributed by atoms with Crippen molar-refractivity contribution in [3.63, 3.8) is 0 Å². The zero-order valence-electron chi connectivity index (χ0n) is 20.2. The van der Waals surface area contributed by atoms with Crippen molar-refractivity contribution in [1.82, 2.24) is 30.2 Å². The first-order chi connectivity index (χ1) is 17.0. The molecule has 1 aliphatic rings. The number of nitrogens with zero attached hydrogens (tertiary/aromatic N) is 3. The number of rotatable bonds is 11. The van der Waals surface area contributed by atoms with E-state index in [1.54, 1.807) is 19.1 Å². The SMILES string of the molecule is Cc1ccc(S(=O)(=O)NCCNC(=O)C2(NC(=O)CCn3cc([N+](=O)[O-])nc3C)CCNCC2)cc1. The molecule has 2 aromatic rings. The van der Waals surface area contributed by atoms with Crippen LogP contribution in [-0.4, -0.2) is 66.4 Å². The Bertz CT molecular complexity index is 1200. The van der Waals surface area contributed by atoms with Gasteiger partial charge < -0.3 is 30.6 Å². The van der Waals surface area contributed by atoms with E-state index in [4.69, 9.17) is 0 Å². The lowest BCUT2D eigenvalue weighted by Crippen LogP contribution is -2.63. The number of sulfonamides is 1. The van der Waals surface area contributed by atoms with Gasteiger partial charge in [-0.05, 0) is 54.9 Å². The molecule has 196 valence electrons. The Balaban J connectivity index is 1.54. The molecule has 1 aromatic heterocycles. The van der Waals surface area contributed by atoms with Gasteiger partial charge in [-0.15, -0.1) is 0 Å². The maximum Gasteiger partial charge on any atom is 0.381 e. The van der Waals surface area contributed by atoms with E-state index in [1.165, 1.54) is 22.9 Å². The summed E-state index contributed by atoms with van der Waals surface area (Å²) in [5.74, 6) is -0.638. The second-order valence-corrected chi connectivity index (χ2v) is 10.5. The molecule has 0 unspecified atom stereocenters. The molecule has 36 heavy (non-hydrogen) atoms. The number of carbonyl (C=O) groups is 2. The number of hydrogen-bond acceptors (Lipinski definition) is 8. The molecule has 1 aliphatic heterocycles. The first-order valence-electron chi connectivity index (χ1n) is 11.6. The average molecular weight is 522 g/mol. The average Bonchev–Trinajstić information content (AvgIpc) is 3.22. The van der Waals surface area contributed by atoms with Crippen molar-refractivity contribution in [2.24, 2.45) is 0 Å². The second kappa shape index (κ2) is 11.6. The number of carbonyl (C=O) groups excluding carboxylic acids is 2. The molecule has 0 saturated carbocycles. The number of nitro groups is 1. The standard InChI is InChI=1S/C22H31N7O6S/c1-16-3-5-18(6-4-16)36(34,35)25-13-12-24-21(31)22(8-10-23-11-9-22)27-20(30)7-14-28-15-19(29(32)33)26-17(28)2/h3-6,15,23,25H,7-14H2,1-2H3,(H,24,31)(H,27,30). The van der Waals surface area contributed by atoms with Crippen molar-refractivity contribution in [2.75, 3.05) is 26.2 Å². The van der Waals surface area contributed by atoms with Crippen LogP contribution in [0.5, 0.6) is 0 Å². The fraction of sp³-hybridized carbons (Fsp3) is 0.500. The van der Waals surface area contributed by atoms with Crippen molar-refractivity contribution in [2.45, 2.75) is 50.1 Å². The zero-order valence-corrected chi connectivity index (χ0v) is 21.1. The highest BCUT2D eigenvalue weighted by Crippen LogP contribution is 2.19. The Hall–Kier alpha value is -3.36. The van der Waals surface area contributed by atoms with Gasteiger partial charge in [-0.3, -0.25) is 9.59 Å². The molecule has 13 nitrogen and oxygen atoms in total. The third-order valence-electron chi connectivity index (χ3n) is 6.03. The Morgan fingerprint density at radius 1 is 1.17 bits per heavy atom. The summed E-state index contributed by atoms with van der Waals surface area (Å²) in [4.78, 5) is 40.1. The summed E-state index contributed by atoms with van der Waals surface area (Å²) in [7, 11) is -3.71. The van der Waals surface area contributed by atoms with Gasteiger partial charge in [0.2, 0.25) is 27.7 Å². The lowest BCUT2D eigenvalue weighted by molar-refractivity contribution is -0.389. The summed E-state index contributed by atoms with van der Waals surface area (Å²) in [5.41, 5.74) is -0.189. The van der Waals surface area contributed by atoms with Crippen molar-refractivity contribution in [1.29, 1.82) is 0 Å². The number of aromatic nitrogens is 2. The van der Waals surface area contributed by atoms with E-state index in [9.17, 15) is 28.1 Å². The fourth-order valence-electron chi connectivity index (χ4n) is 3.95. The van der Waals surface area contributed by atoms with E-state index in [0.29, 0.717) is 31.8 Å². The van der Waals surface area contributed by atoms with E-state index in [-0.39, 0.29) is 48.6 Å². The van der Waals surface area contributed by atoms with Crippen molar-refractivity contribution >= 4 is 27.7 Å². The fourth-order valence-corrected chi connectivity index (χ4v) is 4.98. The number of imidazole rings is 1.